The topological polar surface area (TPSA) is 58.6 Å². The lowest BCUT2D eigenvalue weighted by Crippen LogP contribution is -2.32. The number of fused-ring (bicyclic) bond motifs is 4. The van der Waals surface area contributed by atoms with Crippen LogP contribution in [0.15, 0.2) is 48.5 Å². The van der Waals surface area contributed by atoms with Crippen LogP contribution >= 0.6 is 0 Å². The Bertz CT molecular complexity index is 919. The van der Waals surface area contributed by atoms with Gasteiger partial charge in [-0.05, 0) is 46.7 Å². The molecule has 3 aromatic carbocycles. The molecule has 0 amide bonds. The van der Waals surface area contributed by atoms with Gasteiger partial charge >= 0.3 is 5.97 Å². The zero-order chi connectivity index (χ0) is 16.0. The number of hydrogen-bond acceptors (Lipinski definition) is 4. The van der Waals surface area contributed by atoms with Gasteiger partial charge in [-0.2, -0.15) is 0 Å². The smallest absolute Gasteiger partial charge is 0.331 e. The molecule has 116 valence electrons. The van der Waals surface area contributed by atoms with Crippen molar-refractivity contribution in [2.24, 2.45) is 0 Å². The van der Waals surface area contributed by atoms with Gasteiger partial charge in [0.2, 0.25) is 0 Å². The van der Waals surface area contributed by atoms with E-state index in [1.807, 2.05) is 30.3 Å². The van der Waals surface area contributed by atoms with Gasteiger partial charge in [-0.25, -0.2) is 4.79 Å². The second-order valence-corrected chi connectivity index (χ2v) is 5.77. The van der Waals surface area contributed by atoms with Gasteiger partial charge in [-0.3, -0.25) is 0 Å². The second kappa shape index (κ2) is 5.25. The first-order chi connectivity index (χ1) is 11.2. The van der Waals surface area contributed by atoms with Gasteiger partial charge in [-0.1, -0.05) is 30.3 Å². The van der Waals surface area contributed by atoms with E-state index >= 15 is 0 Å². The lowest BCUT2D eigenvalue weighted by Gasteiger charge is -2.14. The lowest BCUT2D eigenvalue weighted by atomic mass is 9.96. The van der Waals surface area contributed by atoms with E-state index in [2.05, 4.69) is 23.5 Å². The predicted molar refractivity (Wildman–Crippen MR) is 90.5 cm³/mol. The molecule has 4 nitrogen and oxygen atoms in total. The number of rotatable bonds is 2. The summed E-state index contributed by atoms with van der Waals surface area (Å²) in [5, 5.41) is 18.0. The Morgan fingerprint density at radius 1 is 1.13 bits per heavy atom. The van der Waals surface area contributed by atoms with Gasteiger partial charge in [-0.15, -0.1) is 0 Å². The molecular formula is C19H17NO3. The SMILES string of the molecule is CCOC(=O)[C@@H]1Nc2ccc3cc4ccccc4cc3c2[C@@H]1O. The third-order valence-corrected chi connectivity index (χ3v) is 4.39. The van der Waals surface area contributed by atoms with E-state index in [-0.39, 0.29) is 0 Å². The molecule has 0 saturated heterocycles. The average Bonchev–Trinajstić information content (AvgIpc) is 2.90. The van der Waals surface area contributed by atoms with E-state index < -0.39 is 18.1 Å². The summed E-state index contributed by atoms with van der Waals surface area (Å²) in [7, 11) is 0. The third-order valence-electron chi connectivity index (χ3n) is 4.39. The Balaban J connectivity index is 1.88. The zero-order valence-corrected chi connectivity index (χ0v) is 12.7. The summed E-state index contributed by atoms with van der Waals surface area (Å²) >= 11 is 0. The van der Waals surface area contributed by atoms with Crippen molar-refractivity contribution in [2.75, 3.05) is 11.9 Å². The van der Waals surface area contributed by atoms with Crippen LogP contribution in [-0.4, -0.2) is 23.7 Å². The minimum atomic E-state index is -0.908. The molecule has 0 saturated carbocycles. The molecule has 0 unspecified atom stereocenters. The molecule has 23 heavy (non-hydrogen) atoms. The summed E-state index contributed by atoms with van der Waals surface area (Å²) in [5.41, 5.74) is 1.56. The van der Waals surface area contributed by atoms with E-state index in [0.717, 1.165) is 32.8 Å². The van der Waals surface area contributed by atoms with Crippen molar-refractivity contribution in [1.82, 2.24) is 0 Å². The molecule has 0 aliphatic carbocycles. The molecule has 1 heterocycles. The summed E-state index contributed by atoms with van der Waals surface area (Å²) in [6.45, 7) is 2.05. The number of carbonyl (C=O) groups excluding carboxylic acids is 1. The number of hydrogen-bond donors (Lipinski definition) is 2. The van der Waals surface area contributed by atoms with Crippen LogP contribution in [0.25, 0.3) is 21.5 Å². The van der Waals surface area contributed by atoms with Crippen LogP contribution < -0.4 is 5.32 Å². The van der Waals surface area contributed by atoms with E-state index in [1.54, 1.807) is 6.92 Å². The van der Waals surface area contributed by atoms with Gasteiger partial charge in [0.05, 0.1) is 6.61 Å². The Labute approximate surface area is 133 Å². The molecule has 0 spiro atoms. The number of nitrogens with one attached hydrogen (secondary N) is 1. The zero-order valence-electron chi connectivity index (χ0n) is 12.7. The van der Waals surface area contributed by atoms with Crippen molar-refractivity contribution in [3.8, 4) is 0 Å². The van der Waals surface area contributed by atoms with Crippen LogP contribution in [0.2, 0.25) is 0 Å². The van der Waals surface area contributed by atoms with Crippen LogP contribution in [0.4, 0.5) is 5.69 Å². The van der Waals surface area contributed by atoms with E-state index in [0.29, 0.717) is 6.61 Å². The quantitative estimate of drug-likeness (QED) is 0.563. The van der Waals surface area contributed by atoms with E-state index in [4.69, 9.17) is 4.74 Å². The summed E-state index contributed by atoms with van der Waals surface area (Å²) in [5.74, 6) is -0.426. The molecule has 4 rings (SSSR count). The number of aliphatic hydroxyl groups is 1. The first-order valence-electron chi connectivity index (χ1n) is 7.75. The predicted octanol–water partition coefficient (Wildman–Crippen LogP) is 3.38. The van der Waals surface area contributed by atoms with Gasteiger partial charge in [0.25, 0.3) is 0 Å². The van der Waals surface area contributed by atoms with Crippen LogP contribution in [0.5, 0.6) is 0 Å². The van der Waals surface area contributed by atoms with Gasteiger partial charge in [0.1, 0.15) is 6.10 Å². The molecule has 1 aliphatic heterocycles. The standard InChI is InChI=1S/C19H17NO3/c1-2-23-19(22)17-18(21)16-14-10-12-6-4-3-5-11(12)9-13(14)7-8-15(16)20-17/h3-10,17-18,20-21H,2H2,1H3/t17-,18+/m1/s1. The Morgan fingerprint density at radius 3 is 2.61 bits per heavy atom. The normalized spacial score (nSPS) is 19.6. The highest BCUT2D eigenvalue weighted by Crippen LogP contribution is 2.40. The van der Waals surface area contributed by atoms with E-state index in [1.165, 1.54) is 0 Å². The summed E-state index contributed by atoms with van der Waals surface area (Å²) < 4.78 is 5.05. The fourth-order valence-electron chi connectivity index (χ4n) is 3.31. The number of benzene rings is 3. The first-order valence-corrected chi connectivity index (χ1v) is 7.75. The highest BCUT2D eigenvalue weighted by atomic mass is 16.5. The molecule has 4 heteroatoms. The molecule has 0 fully saturated rings. The largest absolute Gasteiger partial charge is 0.464 e. The van der Waals surface area contributed by atoms with Crippen molar-refractivity contribution in [3.05, 3.63) is 54.1 Å². The molecule has 2 N–H and O–H groups in total. The first kappa shape index (κ1) is 14.0. The van der Waals surface area contributed by atoms with Gasteiger partial charge in [0, 0.05) is 11.3 Å². The highest BCUT2D eigenvalue weighted by Gasteiger charge is 2.37. The van der Waals surface area contributed by atoms with Crippen LogP contribution in [0.3, 0.4) is 0 Å². The van der Waals surface area contributed by atoms with Crippen LogP contribution in [0, 0.1) is 0 Å². The molecular weight excluding hydrogens is 290 g/mol. The minimum Gasteiger partial charge on any atom is -0.464 e. The van der Waals surface area contributed by atoms with Crippen molar-refractivity contribution < 1.29 is 14.6 Å². The highest BCUT2D eigenvalue weighted by molar-refractivity contribution is 6.03. The fourth-order valence-corrected chi connectivity index (χ4v) is 3.31. The number of esters is 1. The Kier molecular flexibility index (Phi) is 3.20. The van der Waals surface area contributed by atoms with E-state index in [9.17, 15) is 9.90 Å². The Hall–Kier alpha value is -2.59. The number of ether oxygens (including phenoxy) is 1. The lowest BCUT2D eigenvalue weighted by molar-refractivity contribution is -0.146. The number of anilines is 1. The summed E-state index contributed by atoms with van der Waals surface area (Å²) in [6.07, 6.45) is -0.908. The maximum absolute atomic E-state index is 12.0. The van der Waals surface area contributed by atoms with Crippen molar-refractivity contribution in [3.63, 3.8) is 0 Å². The third kappa shape index (κ3) is 2.14. The van der Waals surface area contributed by atoms with Crippen molar-refractivity contribution in [1.29, 1.82) is 0 Å². The monoisotopic (exact) mass is 307 g/mol. The molecule has 0 aromatic heterocycles. The van der Waals surface area contributed by atoms with Crippen molar-refractivity contribution >= 4 is 33.2 Å². The summed E-state index contributed by atoms with van der Waals surface area (Å²) in [4.78, 5) is 12.0. The van der Waals surface area contributed by atoms with Crippen LogP contribution in [-0.2, 0) is 9.53 Å². The molecule has 0 radical (unpaired) electrons. The minimum absolute atomic E-state index is 0.297. The fraction of sp³-hybridized carbons (Fsp3) is 0.211. The maximum Gasteiger partial charge on any atom is 0.331 e. The molecule has 0 bridgehead atoms. The average molecular weight is 307 g/mol. The molecule has 2 atom stereocenters. The van der Waals surface area contributed by atoms with Crippen LogP contribution in [0.1, 0.15) is 18.6 Å². The Morgan fingerprint density at radius 2 is 1.87 bits per heavy atom. The second-order valence-electron chi connectivity index (χ2n) is 5.77. The molecule has 1 aliphatic rings. The summed E-state index contributed by atoms with van der Waals surface area (Å²) in [6, 6.07) is 15.5. The number of aliphatic hydroxyl groups excluding tert-OH is 1. The number of carbonyl (C=O) groups is 1. The molecule has 3 aromatic rings. The van der Waals surface area contributed by atoms with Gasteiger partial charge in [0.15, 0.2) is 6.04 Å². The van der Waals surface area contributed by atoms with Gasteiger partial charge < -0.3 is 15.2 Å². The van der Waals surface area contributed by atoms with Crippen molar-refractivity contribution in [2.45, 2.75) is 19.1 Å². The maximum atomic E-state index is 12.0.